The van der Waals surface area contributed by atoms with Gasteiger partial charge in [-0.25, -0.2) is 14.2 Å². The molecule has 3 aromatic rings. The number of nitrogens with zero attached hydrogens (tertiary/aromatic N) is 8. The smallest absolute Gasteiger partial charge is 0.245 e. The Hall–Kier alpha value is -2.77. The maximum absolute atomic E-state index is 4.70. The van der Waals surface area contributed by atoms with Crippen molar-refractivity contribution in [3.8, 4) is 0 Å². The maximum Gasteiger partial charge on any atom is 0.245 e. The molecule has 1 aliphatic heterocycles. The second kappa shape index (κ2) is 6.86. The number of hydrogen-bond acceptors (Lipinski definition) is 6. The molecule has 4 heterocycles. The lowest BCUT2D eigenvalue weighted by atomic mass is 10.2. The molecule has 0 aromatic carbocycles. The normalized spacial score (nSPS) is 15.9. The van der Waals surface area contributed by atoms with E-state index < -0.39 is 0 Å². The molecule has 8 nitrogen and oxygen atoms in total. The van der Waals surface area contributed by atoms with Gasteiger partial charge in [0, 0.05) is 26.3 Å². The summed E-state index contributed by atoms with van der Waals surface area (Å²) in [6, 6.07) is 0. The third-order valence-electron chi connectivity index (χ3n) is 4.78. The van der Waals surface area contributed by atoms with Crippen molar-refractivity contribution in [3.63, 3.8) is 0 Å². The minimum atomic E-state index is 0.642. The Bertz CT molecular complexity index is 905. The van der Waals surface area contributed by atoms with E-state index in [1.807, 2.05) is 42.2 Å². The summed E-state index contributed by atoms with van der Waals surface area (Å²) >= 11 is 0. The third-order valence-corrected chi connectivity index (χ3v) is 4.78. The van der Waals surface area contributed by atoms with Crippen LogP contribution in [0.2, 0.25) is 0 Å². The van der Waals surface area contributed by atoms with Crippen LogP contribution in [0.3, 0.4) is 0 Å². The third kappa shape index (κ3) is 3.18. The second-order valence-electron chi connectivity index (χ2n) is 6.82. The van der Waals surface area contributed by atoms with Crippen molar-refractivity contribution in [2.24, 2.45) is 7.05 Å². The van der Waals surface area contributed by atoms with Crippen molar-refractivity contribution in [1.29, 1.82) is 0 Å². The summed E-state index contributed by atoms with van der Waals surface area (Å²) in [6.07, 6.45) is 10.6. The van der Waals surface area contributed by atoms with Crippen LogP contribution in [-0.4, -0.2) is 47.4 Å². The summed E-state index contributed by atoms with van der Waals surface area (Å²) in [6.45, 7) is 5.98. The predicted octanol–water partition coefficient (Wildman–Crippen LogP) is 2.42. The van der Waals surface area contributed by atoms with Crippen molar-refractivity contribution < 1.29 is 0 Å². The van der Waals surface area contributed by atoms with Crippen LogP contribution in [0.1, 0.15) is 48.7 Å². The molecule has 0 bridgehead atoms. The number of rotatable bonds is 3. The highest BCUT2D eigenvalue weighted by Crippen LogP contribution is 2.17. The molecule has 1 fully saturated rings. The number of hydrogen-bond donors (Lipinski definition) is 0. The molecule has 0 N–H and O–H groups in total. The van der Waals surface area contributed by atoms with E-state index in [9.17, 15) is 0 Å². The summed E-state index contributed by atoms with van der Waals surface area (Å²) < 4.78 is 3.63. The van der Waals surface area contributed by atoms with Crippen LogP contribution >= 0.6 is 0 Å². The molecule has 0 aliphatic carbocycles. The summed E-state index contributed by atoms with van der Waals surface area (Å²) in [5.41, 5.74) is 2.61. The van der Waals surface area contributed by atoms with Gasteiger partial charge in [-0.05, 0) is 38.8 Å². The molecule has 0 atom stereocenters. The van der Waals surface area contributed by atoms with E-state index in [0.717, 1.165) is 41.9 Å². The Morgan fingerprint density at radius 2 is 1.73 bits per heavy atom. The maximum atomic E-state index is 4.70. The van der Waals surface area contributed by atoms with Gasteiger partial charge in [0.25, 0.3) is 0 Å². The molecular weight excluding hydrogens is 328 g/mol. The van der Waals surface area contributed by atoms with Gasteiger partial charge in [0.15, 0.2) is 17.3 Å². The standard InChI is InChI=1S/C18H24N8/c1-13-12-19-14(2)17-20-15(22-26(13)17)8-9-16-21-18(23-24(16)3)25-10-6-4-5-7-11-25/h8-9,12H,4-7,10-11H2,1-3H3. The van der Waals surface area contributed by atoms with E-state index >= 15 is 0 Å². The van der Waals surface area contributed by atoms with Gasteiger partial charge >= 0.3 is 0 Å². The lowest BCUT2D eigenvalue weighted by Crippen LogP contribution is -2.25. The van der Waals surface area contributed by atoms with Gasteiger partial charge in [-0.1, -0.05) is 12.8 Å². The summed E-state index contributed by atoms with van der Waals surface area (Å²) in [4.78, 5) is 15.9. The molecule has 8 heteroatoms. The lowest BCUT2D eigenvalue weighted by Gasteiger charge is -2.17. The zero-order valence-corrected chi connectivity index (χ0v) is 15.6. The van der Waals surface area contributed by atoms with Crippen molar-refractivity contribution in [3.05, 3.63) is 29.2 Å². The predicted molar refractivity (Wildman–Crippen MR) is 101 cm³/mol. The second-order valence-corrected chi connectivity index (χ2v) is 6.82. The zero-order valence-electron chi connectivity index (χ0n) is 15.6. The van der Waals surface area contributed by atoms with Crippen molar-refractivity contribution in [2.45, 2.75) is 39.5 Å². The molecule has 0 amide bonds. The number of anilines is 1. The molecule has 0 spiro atoms. The Labute approximate surface area is 152 Å². The number of aromatic nitrogens is 7. The molecule has 26 heavy (non-hydrogen) atoms. The van der Waals surface area contributed by atoms with Crippen LogP contribution in [-0.2, 0) is 7.05 Å². The van der Waals surface area contributed by atoms with E-state index in [-0.39, 0.29) is 0 Å². The number of aryl methyl sites for hydroxylation is 3. The summed E-state index contributed by atoms with van der Waals surface area (Å²) in [5, 5.41) is 9.12. The van der Waals surface area contributed by atoms with E-state index in [2.05, 4.69) is 25.1 Å². The van der Waals surface area contributed by atoms with Gasteiger partial charge in [-0.3, -0.25) is 4.98 Å². The van der Waals surface area contributed by atoms with Crippen LogP contribution in [0.5, 0.6) is 0 Å². The Kier molecular flexibility index (Phi) is 4.40. The first-order chi connectivity index (χ1) is 12.6. The highest BCUT2D eigenvalue weighted by atomic mass is 15.4. The molecule has 1 aliphatic rings. The van der Waals surface area contributed by atoms with Gasteiger partial charge in [0.05, 0.1) is 11.4 Å². The minimum Gasteiger partial charge on any atom is -0.340 e. The van der Waals surface area contributed by atoms with Crippen LogP contribution in [0.15, 0.2) is 6.20 Å². The average molecular weight is 352 g/mol. The highest BCUT2D eigenvalue weighted by Gasteiger charge is 2.15. The first-order valence-electron chi connectivity index (χ1n) is 9.15. The fourth-order valence-electron chi connectivity index (χ4n) is 3.26. The van der Waals surface area contributed by atoms with E-state index in [1.54, 1.807) is 6.20 Å². The Balaban J connectivity index is 1.59. The molecular formula is C18H24N8. The van der Waals surface area contributed by atoms with E-state index in [4.69, 9.17) is 4.98 Å². The monoisotopic (exact) mass is 352 g/mol. The van der Waals surface area contributed by atoms with Crippen molar-refractivity contribution >= 4 is 23.7 Å². The SMILES string of the molecule is Cc1ncc(C)n2nc(C=Cc3nc(N4CCCCCC4)nn3C)nc12. The van der Waals surface area contributed by atoms with Crippen LogP contribution < -0.4 is 4.90 Å². The summed E-state index contributed by atoms with van der Waals surface area (Å²) in [5.74, 6) is 2.26. The topological polar surface area (TPSA) is 77.0 Å². The van der Waals surface area contributed by atoms with Gasteiger partial charge < -0.3 is 4.90 Å². The first kappa shape index (κ1) is 16.7. The largest absolute Gasteiger partial charge is 0.340 e. The Morgan fingerprint density at radius 3 is 2.46 bits per heavy atom. The quantitative estimate of drug-likeness (QED) is 0.720. The zero-order chi connectivity index (χ0) is 18.1. The first-order valence-corrected chi connectivity index (χ1v) is 9.15. The van der Waals surface area contributed by atoms with Crippen LogP contribution in [0.25, 0.3) is 17.8 Å². The number of fused-ring (bicyclic) bond motifs is 1. The van der Waals surface area contributed by atoms with Crippen LogP contribution in [0, 0.1) is 13.8 Å². The Morgan fingerprint density at radius 1 is 0.962 bits per heavy atom. The van der Waals surface area contributed by atoms with Crippen molar-refractivity contribution in [2.75, 3.05) is 18.0 Å². The fraction of sp³-hybridized carbons (Fsp3) is 0.500. The van der Waals surface area contributed by atoms with Gasteiger partial charge in [-0.15, -0.1) is 10.2 Å². The van der Waals surface area contributed by atoms with E-state index in [1.165, 1.54) is 25.7 Å². The highest BCUT2D eigenvalue weighted by molar-refractivity contribution is 5.65. The molecule has 0 radical (unpaired) electrons. The molecule has 1 saturated heterocycles. The molecule has 0 saturated carbocycles. The van der Waals surface area contributed by atoms with Crippen LogP contribution in [0.4, 0.5) is 5.95 Å². The molecule has 136 valence electrons. The lowest BCUT2D eigenvalue weighted by molar-refractivity contribution is 0.723. The molecule has 0 unspecified atom stereocenters. The molecule has 4 rings (SSSR count). The van der Waals surface area contributed by atoms with Gasteiger partial charge in [0.2, 0.25) is 5.95 Å². The molecule has 3 aromatic heterocycles. The van der Waals surface area contributed by atoms with Gasteiger partial charge in [0.1, 0.15) is 0 Å². The van der Waals surface area contributed by atoms with E-state index in [0.29, 0.717) is 5.82 Å². The average Bonchev–Trinajstić information content (AvgIpc) is 3.11. The van der Waals surface area contributed by atoms with Gasteiger partial charge in [-0.2, -0.15) is 4.98 Å². The van der Waals surface area contributed by atoms with Crippen molar-refractivity contribution in [1.82, 2.24) is 34.3 Å². The fourth-order valence-corrected chi connectivity index (χ4v) is 3.26. The summed E-state index contributed by atoms with van der Waals surface area (Å²) in [7, 11) is 1.92. The minimum absolute atomic E-state index is 0.642.